The van der Waals surface area contributed by atoms with Crippen molar-refractivity contribution in [1.82, 2.24) is 4.90 Å². The number of amides is 2. The standard InChI is InChI=1S/C19H19FN2O4/c20-15-6-4-13(5-7-15)17-11-22(8-9-25-17)19(24)14-2-1-3-16(10-14)26-12-18(21)23/h1-7,10,17H,8-9,11-12H2,(H2,21,23). The molecule has 1 saturated heterocycles. The van der Waals surface area contributed by atoms with Crippen LogP contribution >= 0.6 is 0 Å². The molecule has 3 rings (SSSR count). The minimum atomic E-state index is -0.586. The minimum Gasteiger partial charge on any atom is -0.484 e. The highest BCUT2D eigenvalue weighted by atomic mass is 19.1. The summed E-state index contributed by atoms with van der Waals surface area (Å²) in [4.78, 5) is 25.3. The van der Waals surface area contributed by atoms with Gasteiger partial charge in [0.15, 0.2) is 6.61 Å². The van der Waals surface area contributed by atoms with Gasteiger partial charge in [-0.2, -0.15) is 0 Å². The molecule has 0 bridgehead atoms. The molecule has 0 radical (unpaired) electrons. The molecule has 1 heterocycles. The summed E-state index contributed by atoms with van der Waals surface area (Å²) in [6.07, 6.45) is -0.303. The summed E-state index contributed by atoms with van der Waals surface area (Å²) in [6, 6.07) is 12.7. The molecular formula is C19H19FN2O4. The van der Waals surface area contributed by atoms with E-state index < -0.39 is 5.91 Å². The van der Waals surface area contributed by atoms with Gasteiger partial charge in [0.2, 0.25) is 0 Å². The number of primary amides is 1. The predicted octanol–water partition coefficient (Wildman–Crippen LogP) is 1.90. The number of morpholine rings is 1. The van der Waals surface area contributed by atoms with Gasteiger partial charge in [-0.3, -0.25) is 9.59 Å². The van der Waals surface area contributed by atoms with Crippen molar-refractivity contribution in [2.45, 2.75) is 6.10 Å². The van der Waals surface area contributed by atoms with Crippen LogP contribution in [0, 0.1) is 5.82 Å². The van der Waals surface area contributed by atoms with Crippen LogP contribution in [0.2, 0.25) is 0 Å². The van der Waals surface area contributed by atoms with Crippen LogP contribution in [0.25, 0.3) is 0 Å². The Kier molecular flexibility index (Phi) is 5.48. The molecule has 0 aliphatic carbocycles. The lowest BCUT2D eigenvalue weighted by Crippen LogP contribution is -2.42. The highest BCUT2D eigenvalue weighted by Gasteiger charge is 2.26. The summed E-state index contributed by atoms with van der Waals surface area (Å²) in [7, 11) is 0. The van der Waals surface area contributed by atoms with E-state index in [1.807, 2.05) is 0 Å². The highest BCUT2D eigenvalue weighted by molar-refractivity contribution is 5.94. The van der Waals surface area contributed by atoms with Crippen molar-refractivity contribution in [3.63, 3.8) is 0 Å². The molecule has 1 atom stereocenters. The lowest BCUT2D eigenvalue weighted by molar-refractivity contribution is -0.119. The number of carbonyl (C=O) groups excluding carboxylic acids is 2. The fourth-order valence-electron chi connectivity index (χ4n) is 2.77. The number of nitrogens with two attached hydrogens (primary N) is 1. The van der Waals surface area contributed by atoms with Crippen LogP contribution in [0.5, 0.6) is 5.75 Å². The van der Waals surface area contributed by atoms with Gasteiger partial charge in [0.05, 0.1) is 13.2 Å². The summed E-state index contributed by atoms with van der Waals surface area (Å²) in [6.45, 7) is 0.979. The van der Waals surface area contributed by atoms with E-state index in [2.05, 4.69) is 0 Å². The number of rotatable bonds is 5. The van der Waals surface area contributed by atoms with E-state index in [1.54, 1.807) is 41.3 Å². The summed E-state index contributed by atoms with van der Waals surface area (Å²) in [5.41, 5.74) is 6.33. The molecule has 0 aromatic heterocycles. The minimum absolute atomic E-state index is 0.162. The Morgan fingerprint density at radius 1 is 1.23 bits per heavy atom. The zero-order chi connectivity index (χ0) is 18.5. The maximum atomic E-state index is 13.1. The van der Waals surface area contributed by atoms with Crippen molar-refractivity contribution < 1.29 is 23.5 Å². The van der Waals surface area contributed by atoms with Crippen LogP contribution in [0.15, 0.2) is 48.5 Å². The Morgan fingerprint density at radius 2 is 2.00 bits per heavy atom. The Bertz CT molecular complexity index is 794. The van der Waals surface area contributed by atoms with Gasteiger partial charge in [-0.05, 0) is 35.9 Å². The van der Waals surface area contributed by atoms with E-state index in [9.17, 15) is 14.0 Å². The van der Waals surface area contributed by atoms with Crippen molar-refractivity contribution in [3.8, 4) is 5.75 Å². The third-order valence-electron chi connectivity index (χ3n) is 4.06. The molecular weight excluding hydrogens is 339 g/mol. The molecule has 2 aromatic rings. The third-order valence-corrected chi connectivity index (χ3v) is 4.06. The first-order chi connectivity index (χ1) is 12.5. The molecule has 0 spiro atoms. The van der Waals surface area contributed by atoms with Gasteiger partial charge in [-0.1, -0.05) is 18.2 Å². The largest absolute Gasteiger partial charge is 0.484 e. The quantitative estimate of drug-likeness (QED) is 0.885. The van der Waals surface area contributed by atoms with E-state index in [-0.39, 0.29) is 24.4 Å². The first-order valence-electron chi connectivity index (χ1n) is 8.20. The topological polar surface area (TPSA) is 81.9 Å². The molecule has 1 aliphatic rings. The van der Waals surface area contributed by atoms with Crippen molar-refractivity contribution in [3.05, 3.63) is 65.5 Å². The zero-order valence-electron chi connectivity index (χ0n) is 14.1. The number of hydrogen-bond donors (Lipinski definition) is 1. The van der Waals surface area contributed by atoms with E-state index in [1.165, 1.54) is 12.1 Å². The Labute approximate surface area is 150 Å². The zero-order valence-corrected chi connectivity index (χ0v) is 14.1. The van der Waals surface area contributed by atoms with Gasteiger partial charge in [-0.25, -0.2) is 4.39 Å². The fourth-order valence-corrected chi connectivity index (χ4v) is 2.77. The number of benzene rings is 2. The molecule has 1 fully saturated rings. The molecule has 1 unspecified atom stereocenters. The van der Waals surface area contributed by atoms with Gasteiger partial charge in [-0.15, -0.1) is 0 Å². The number of halogens is 1. The molecule has 7 heteroatoms. The van der Waals surface area contributed by atoms with Crippen molar-refractivity contribution in [1.29, 1.82) is 0 Å². The molecule has 2 aromatic carbocycles. The van der Waals surface area contributed by atoms with Crippen molar-refractivity contribution >= 4 is 11.8 Å². The summed E-state index contributed by atoms with van der Waals surface area (Å²) in [5, 5.41) is 0. The van der Waals surface area contributed by atoms with Crippen LogP contribution in [0.4, 0.5) is 4.39 Å². The maximum Gasteiger partial charge on any atom is 0.255 e. The van der Waals surface area contributed by atoms with Crippen LogP contribution in [0.1, 0.15) is 22.0 Å². The Balaban J connectivity index is 1.70. The van der Waals surface area contributed by atoms with E-state index in [4.69, 9.17) is 15.2 Å². The second-order valence-corrected chi connectivity index (χ2v) is 5.94. The normalized spacial score (nSPS) is 17.0. The first kappa shape index (κ1) is 17.9. The number of hydrogen-bond acceptors (Lipinski definition) is 4. The third kappa shape index (κ3) is 4.37. The first-order valence-corrected chi connectivity index (χ1v) is 8.20. The van der Waals surface area contributed by atoms with Gasteiger partial charge in [0.25, 0.3) is 11.8 Å². The summed E-state index contributed by atoms with van der Waals surface area (Å²) >= 11 is 0. The molecule has 1 aliphatic heterocycles. The van der Waals surface area contributed by atoms with Gasteiger partial charge in [0, 0.05) is 12.1 Å². The van der Waals surface area contributed by atoms with E-state index in [0.717, 1.165) is 5.56 Å². The molecule has 26 heavy (non-hydrogen) atoms. The van der Waals surface area contributed by atoms with Crippen LogP contribution in [0.3, 0.4) is 0 Å². The Morgan fingerprint density at radius 3 is 2.73 bits per heavy atom. The second kappa shape index (κ2) is 7.97. The highest BCUT2D eigenvalue weighted by Crippen LogP contribution is 2.24. The summed E-state index contributed by atoms with van der Waals surface area (Å²) in [5.74, 6) is -0.662. The smallest absolute Gasteiger partial charge is 0.255 e. The predicted molar refractivity (Wildman–Crippen MR) is 92.1 cm³/mol. The van der Waals surface area contributed by atoms with Crippen molar-refractivity contribution in [2.75, 3.05) is 26.3 Å². The van der Waals surface area contributed by atoms with Crippen LogP contribution < -0.4 is 10.5 Å². The molecule has 136 valence electrons. The molecule has 6 nitrogen and oxygen atoms in total. The number of carbonyl (C=O) groups is 2. The van der Waals surface area contributed by atoms with Crippen molar-refractivity contribution in [2.24, 2.45) is 5.73 Å². The maximum absolute atomic E-state index is 13.1. The lowest BCUT2D eigenvalue weighted by atomic mass is 10.1. The molecule has 2 N–H and O–H groups in total. The number of ether oxygens (including phenoxy) is 2. The average Bonchev–Trinajstić information content (AvgIpc) is 2.67. The second-order valence-electron chi connectivity index (χ2n) is 5.94. The lowest BCUT2D eigenvalue weighted by Gasteiger charge is -2.33. The SMILES string of the molecule is NC(=O)COc1cccc(C(=O)N2CCOC(c3ccc(F)cc3)C2)c1. The van der Waals surface area contributed by atoms with Crippen LogP contribution in [-0.4, -0.2) is 43.0 Å². The van der Waals surface area contributed by atoms with E-state index in [0.29, 0.717) is 31.0 Å². The fraction of sp³-hybridized carbons (Fsp3) is 0.263. The Hall–Kier alpha value is -2.93. The van der Waals surface area contributed by atoms with Gasteiger partial charge >= 0.3 is 0 Å². The van der Waals surface area contributed by atoms with Crippen LogP contribution in [-0.2, 0) is 9.53 Å². The van der Waals surface area contributed by atoms with E-state index >= 15 is 0 Å². The number of nitrogens with zero attached hydrogens (tertiary/aromatic N) is 1. The summed E-state index contributed by atoms with van der Waals surface area (Å²) < 4.78 is 24.0. The molecule has 2 amide bonds. The van der Waals surface area contributed by atoms with Gasteiger partial charge in [0.1, 0.15) is 17.7 Å². The monoisotopic (exact) mass is 358 g/mol. The molecule has 0 saturated carbocycles. The van der Waals surface area contributed by atoms with Gasteiger partial charge < -0.3 is 20.1 Å². The average molecular weight is 358 g/mol.